The van der Waals surface area contributed by atoms with E-state index in [0.29, 0.717) is 11.6 Å². The molecule has 1 fully saturated rings. The normalized spacial score (nSPS) is 15.4. The second-order valence-electron chi connectivity index (χ2n) is 5.75. The maximum Gasteiger partial charge on any atom is 0.128 e. The minimum Gasteiger partial charge on any atom is -0.357 e. The monoisotopic (exact) mass is 326 g/mol. The highest BCUT2D eigenvalue weighted by molar-refractivity contribution is 6.31. The number of anilines is 1. The van der Waals surface area contributed by atoms with Gasteiger partial charge in [-0.05, 0) is 36.6 Å². The summed E-state index contributed by atoms with van der Waals surface area (Å²) in [5.74, 6) is 0.952. The summed E-state index contributed by atoms with van der Waals surface area (Å²) in [4.78, 5) is 6.64. The molecule has 0 spiro atoms. The third-order valence-corrected chi connectivity index (χ3v) is 4.60. The van der Waals surface area contributed by atoms with E-state index in [1.54, 1.807) is 6.20 Å². The van der Waals surface area contributed by atoms with Gasteiger partial charge < -0.3 is 10.2 Å². The topological polar surface area (TPSA) is 52.0 Å². The van der Waals surface area contributed by atoms with Gasteiger partial charge in [-0.25, -0.2) is 4.98 Å². The summed E-state index contributed by atoms with van der Waals surface area (Å²) in [7, 11) is 0. The first-order valence-electron chi connectivity index (χ1n) is 7.84. The summed E-state index contributed by atoms with van der Waals surface area (Å²) in [6.07, 6.45) is 3.79. The van der Waals surface area contributed by atoms with Gasteiger partial charge in [0.2, 0.25) is 0 Å². The lowest BCUT2D eigenvalue weighted by atomic mass is 10.0. The molecule has 1 aliphatic rings. The van der Waals surface area contributed by atoms with Crippen molar-refractivity contribution in [2.75, 3.05) is 18.0 Å². The van der Waals surface area contributed by atoms with Gasteiger partial charge in [-0.3, -0.25) is 0 Å². The average molecular weight is 327 g/mol. The van der Waals surface area contributed by atoms with Crippen LogP contribution in [-0.2, 0) is 6.54 Å². The van der Waals surface area contributed by atoms with E-state index in [0.717, 1.165) is 48.9 Å². The second kappa shape index (κ2) is 7.45. The molecule has 4 nitrogen and oxygen atoms in total. The molecule has 0 saturated carbocycles. The highest BCUT2D eigenvalue weighted by Gasteiger charge is 2.19. The highest BCUT2D eigenvalue weighted by Crippen LogP contribution is 2.19. The molecule has 1 aromatic carbocycles. The molecule has 0 aliphatic carbocycles. The average Bonchev–Trinajstić information content (AvgIpc) is 2.62. The van der Waals surface area contributed by atoms with Crippen LogP contribution < -0.4 is 10.2 Å². The van der Waals surface area contributed by atoms with Crippen molar-refractivity contribution in [2.45, 2.75) is 25.4 Å². The van der Waals surface area contributed by atoms with Crippen LogP contribution in [0.1, 0.15) is 24.0 Å². The fourth-order valence-electron chi connectivity index (χ4n) is 2.85. The number of nitrogens with one attached hydrogen (secondary N) is 1. The van der Waals surface area contributed by atoms with Crippen LogP contribution in [-0.4, -0.2) is 24.1 Å². The second-order valence-corrected chi connectivity index (χ2v) is 6.16. The molecule has 0 atom stereocenters. The predicted octanol–water partition coefficient (Wildman–Crippen LogP) is 3.37. The molecule has 0 amide bonds. The van der Waals surface area contributed by atoms with Crippen LogP contribution in [0.4, 0.5) is 5.82 Å². The molecule has 0 unspecified atom stereocenters. The smallest absolute Gasteiger partial charge is 0.128 e. The number of nitrogens with zero attached hydrogens (tertiary/aromatic N) is 3. The van der Waals surface area contributed by atoms with Gasteiger partial charge in [0, 0.05) is 36.9 Å². The quantitative estimate of drug-likeness (QED) is 0.936. The molecule has 1 N–H and O–H groups in total. The van der Waals surface area contributed by atoms with Gasteiger partial charge in [-0.15, -0.1) is 0 Å². The Morgan fingerprint density at radius 1 is 1.22 bits per heavy atom. The molecule has 23 heavy (non-hydrogen) atoms. The lowest BCUT2D eigenvalue weighted by Crippen LogP contribution is -2.42. The molecule has 0 bridgehead atoms. The van der Waals surface area contributed by atoms with E-state index >= 15 is 0 Å². The number of benzene rings is 1. The van der Waals surface area contributed by atoms with Gasteiger partial charge >= 0.3 is 0 Å². The van der Waals surface area contributed by atoms with Crippen molar-refractivity contribution in [1.29, 1.82) is 5.26 Å². The zero-order valence-corrected chi connectivity index (χ0v) is 13.6. The standard InChI is InChI=1S/C18H19ClN4/c19-17-4-2-1-3-15(17)13-21-16-7-9-23(10-8-16)18-6-5-14(11-20)12-22-18/h1-6,12,16,21H,7-10,13H2. The molecule has 2 aromatic rings. The minimum absolute atomic E-state index is 0.501. The molecule has 2 heterocycles. The van der Waals surface area contributed by atoms with Gasteiger partial charge in [0.15, 0.2) is 0 Å². The molecule has 1 saturated heterocycles. The molecule has 118 valence electrons. The lowest BCUT2D eigenvalue weighted by Gasteiger charge is -2.33. The van der Waals surface area contributed by atoms with E-state index in [-0.39, 0.29) is 0 Å². The minimum atomic E-state index is 0.501. The fraction of sp³-hybridized carbons (Fsp3) is 0.333. The Balaban J connectivity index is 1.50. The van der Waals surface area contributed by atoms with Crippen LogP contribution in [0.25, 0.3) is 0 Å². The van der Waals surface area contributed by atoms with Crippen LogP contribution >= 0.6 is 11.6 Å². The number of rotatable bonds is 4. The Hall–Kier alpha value is -2.09. The zero-order chi connectivity index (χ0) is 16.1. The van der Waals surface area contributed by atoms with Gasteiger partial charge in [0.05, 0.1) is 5.56 Å². The third-order valence-electron chi connectivity index (χ3n) is 4.23. The molecule has 1 aliphatic heterocycles. The summed E-state index contributed by atoms with van der Waals surface area (Å²) in [6, 6.07) is 14.3. The van der Waals surface area contributed by atoms with E-state index < -0.39 is 0 Å². The van der Waals surface area contributed by atoms with Crippen LogP contribution in [0, 0.1) is 11.3 Å². The Kier molecular flexibility index (Phi) is 5.12. The Bertz CT molecular complexity index is 685. The highest BCUT2D eigenvalue weighted by atomic mass is 35.5. The maximum absolute atomic E-state index is 8.82. The zero-order valence-electron chi connectivity index (χ0n) is 12.9. The first-order valence-corrected chi connectivity index (χ1v) is 8.22. The molecular formula is C18H19ClN4. The molecule has 0 radical (unpaired) electrons. The summed E-state index contributed by atoms with van der Waals surface area (Å²) in [6.45, 7) is 2.75. The number of halogens is 1. The number of nitriles is 1. The van der Waals surface area contributed by atoms with Gasteiger partial charge in [0.1, 0.15) is 11.9 Å². The summed E-state index contributed by atoms with van der Waals surface area (Å²) in [5.41, 5.74) is 1.75. The predicted molar refractivity (Wildman–Crippen MR) is 92.5 cm³/mol. The van der Waals surface area contributed by atoms with E-state index in [4.69, 9.17) is 16.9 Å². The van der Waals surface area contributed by atoms with E-state index in [9.17, 15) is 0 Å². The van der Waals surface area contributed by atoms with Crippen molar-refractivity contribution in [3.8, 4) is 6.07 Å². The number of hydrogen-bond donors (Lipinski definition) is 1. The summed E-state index contributed by atoms with van der Waals surface area (Å²) < 4.78 is 0. The van der Waals surface area contributed by atoms with Gasteiger partial charge in [-0.1, -0.05) is 29.8 Å². The Labute approximate surface area is 141 Å². The Morgan fingerprint density at radius 3 is 2.65 bits per heavy atom. The summed E-state index contributed by atoms with van der Waals surface area (Å²) >= 11 is 6.19. The van der Waals surface area contributed by atoms with E-state index in [1.165, 1.54) is 0 Å². The van der Waals surface area contributed by atoms with Crippen LogP contribution in [0.2, 0.25) is 5.02 Å². The van der Waals surface area contributed by atoms with Crippen molar-refractivity contribution in [1.82, 2.24) is 10.3 Å². The van der Waals surface area contributed by atoms with Crippen molar-refractivity contribution < 1.29 is 0 Å². The van der Waals surface area contributed by atoms with Crippen molar-refractivity contribution in [3.63, 3.8) is 0 Å². The SMILES string of the molecule is N#Cc1ccc(N2CCC(NCc3ccccc3Cl)CC2)nc1. The van der Waals surface area contributed by atoms with Gasteiger partial charge in [-0.2, -0.15) is 5.26 Å². The van der Waals surface area contributed by atoms with Crippen LogP contribution in [0.3, 0.4) is 0 Å². The number of pyridine rings is 1. The van der Waals surface area contributed by atoms with E-state index in [2.05, 4.69) is 27.3 Å². The first-order chi connectivity index (χ1) is 11.3. The van der Waals surface area contributed by atoms with Crippen molar-refractivity contribution in [3.05, 3.63) is 58.7 Å². The third kappa shape index (κ3) is 4.01. The maximum atomic E-state index is 8.82. The number of aromatic nitrogens is 1. The first kappa shape index (κ1) is 15.8. The largest absolute Gasteiger partial charge is 0.357 e. The molecule has 5 heteroatoms. The van der Waals surface area contributed by atoms with Crippen LogP contribution in [0.5, 0.6) is 0 Å². The van der Waals surface area contributed by atoms with E-state index in [1.807, 2.05) is 30.3 Å². The molecular weight excluding hydrogens is 308 g/mol. The number of piperidine rings is 1. The molecule has 1 aromatic heterocycles. The number of hydrogen-bond acceptors (Lipinski definition) is 4. The van der Waals surface area contributed by atoms with Gasteiger partial charge in [0.25, 0.3) is 0 Å². The lowest BCUT2D eigenvalue weighted by molar-refractivity contribution is 0.413. The van der Waals surface area contributed by atoms with Crippen molar-refractivity contribution in [2.24, 2.45) is 0 Å². The Morgan fingerprint density at radius 2 is 2.00 bits per heavy atom. The van der Waals surface area contributed by atoms with Crippen molar-refractivity contribution >= 4 is 17.4 Å². The van der Waals surface area contributed by atoms with Crippen LogP contribution in [0.15, 0.2) is 42.6 Å². The molecule has 3 rings (SSSR count). The summed E-state index contributed by atoms with van der Waals surface area (Å²) in [5, 5.41) is 13.2. The fourth-order valence-corrected chi connectivity index (χ4v) is 3.05.